The standard InChI is InChI=1S/C30H44O7/c1-27-16-22(19-6-8-20(9-7-19)26(34-2)35-3)25-21(23(27)11-14-29(27,33)18-31)10-13-28(32)17-30(36-4,37-5)15-12-24(25)28/h6-9,21-23,26,31-33H,10-18H2,1-5H3/t21-,22+,23-,27-,28+,29+/m0/s1. The molecule has 0 unspecified atom stereocenters. The van der Waals surface area contributed by atoms with E-state index in [9.17, 15) is 15.3 Å². The largest absolute Gasteiger partial charge is 0.393 e. The van der Waals surface area contributed by atoms with Crippen LogP contribution in [0, 0.1) is 17.3 Å². The summed E-state index contributed by atoms with van der Waals surface area (Å²) >= 11 is 0. The fraction of sp³-hybridized carbons (Fsp3) is 0.733. The molecule has 0 heterocycles. The Morgan fingerprint density at radius 1 is 0.946 bits per heavy atom. The monoisotopic (exact) mass is 516 g/mol. The third-order valence-corrected chi connectivity index (χ3v) is 10.8. The van der Waals surface area contributed by atoms with Crippen LogP contribution in [0.1, 0.15) is 81.6 Å². The van der Waals surface area contributed by atoms with Crippen molar-refractivity contribution < 1.29 is 34.3 Å². The van der Waals surface area contributed by atoms with Crippen LogP contribution in [-0.4, -0.2) is 67.4 Å². The van der Waals surface area contributed by atoms with Crippen LogP contribution in [0.3, 0.4) is 0 Å². The summed E-state index contributed by atoms with van der Waals surface area (Å²) in [6, 6.07) is 8.37. The Labute approximate surface area is 220 Å². The van der Waals surface area contributed by atoms with E-state index in [1.807, 2.05) is 12.1 Å². The summed E-state index contributed by atoms with van der Waals surface area (Å²) in [7, 11) is 6.58. The van der Waals surface area contributed by atoms with Crippen molar-refractivity contribution in [1.82, 2.24) is 0 Å². The molecule has 0 aliphatic heterocycles. The van der Waals surface area contributed by atoms with Crippen LogP contribution < -0.4 is 0 Å². The Hall–Kier alpha value is -1.32. The van der Waals surface area contributed by atoms with Crippen LogP contribution in [0.2, 0.25) is 0 Å². The van der Waals surface area contributed by atoms with Gasteiger partial charge in [-0.25, -0.2) is 0 Å². The van der Waals surface area contributed by atoms with Gasteiger partial charge in [0.1, 0.15) is 0 Å². The molecule has 0 amide bonds. The number of aliphatic hydroxyl groups excluding tert-OH is 1. The second-order valence-corrected chi connectivity index (χ2v) is 12.1. The predicted molar refractivity (Wildman–Crippen MR) is 139 cm³/mol. The van der Waals surface area contributed by atoms with Gasteiger partial charge < -0.3 is 34.3 Å². The molecule has 0 radical (unpaired) electrons. The molecule has 0 bridgehead atoms. The van der Waals surface area contributed by atoms with Crippen molar-refractivity contribution >= 4 is 0 Å². The highest BCUT2D eigenvalue weighted by atomic mass is 16.7. The molecule has 4 aliphatic carbocycles. The molecule has 6 atom stereocenters. The normalized spacial score (nSPS) is 38.9. The molecule has 0 spiro atoms. The minimum atomic E-state index is -1.09. The number of hydrogen-bond donors (Lipinski definition) is 3. The first-order valence-electron chi connectivity index (χ1n) is 13.7. The molecule has 0 aromatic heterocycles. The van der Waals surface area contributed by atoms with Gasteiger partial charge in [0.05, 0.1) is 17.8 Å². The van der Waals surface area contributed by atoms with Gasteiger partial charge in [-0.2, -0.15) is 0 Å². The minimum absolute atomic E-state index is 0.0411. The molecule has 3 N–H and O–H groups in total. The van der Waals surface area contributed by atoms with Gasteiger partial charge >= 0.3 is 0 Å². The summed E-state index contributed by atoms with van der Waals surface area (Å²) in [6.45, 7) is 1.96. The lowest BCUT2D eigenvalue weighted by Gasteiger charge is -2.57. The first-order chi connectivity index (χ1) is 17.6. The number of methoxy groups -OCH3 is 4. The number of allylic oxidation sites excluding steroid dienone is 1. The minimum Gasteiger partial charge on any atom is -0.393 e. The molecule has 3 fully saturated rings. The molecular formula is C30H44O7. The van der Waals surface area contributed by atoms with Crippen LogP contribution >= 0.6 is 0 Å². The Morgan fingerprint density at radius 3 is 2.22 bits per heavy atom. The average Bonchev–Trinajstić information content (AvgIpc) is 3.19. The Kier molecular flexibility index (Phi) is 7.15. The Bertz CT molecular complexity index is 1010. The Morgan fingerprint density at radius 2 is 1.62 bits per heavy atom. The van der Waals surface area contributed by atoms with Gasteiger partial charge in [0.15, 0.2) is 12.1 Å². The number of aliphatic hydroxyl groups is 3. The second kappa shape index (κ2) is 9.70. The van der Waals surface area contributed by atoms with Gasteiger partial charge in [-0.3, -0.25) is 0 Å². The highest BCUT2D eigenvalue weighted by Crippen LogP contribution is 2.67. The van der Waals surface area contributed by atoms with E-state index in [1.54, 1.807) is 28.4 Å². The lowest BCUT2D eigenvalue weighted by atomic mass is 9.49. The molecule has 37 heavy (non-hydrogen) atoms. The summed E-state index contributed by atoms with van der Waals surface area (Å²) in [5.74, 6) is -0.191. The van der Waals surface area contributed by atoms with Gasteiger partial charge in [-0.15, -0.1) is 0 Å². The van der Waals surface area contributed by atoms with Crippen LogP contribution in [-0.2, 0) is 18.9 Å². The van der Waals surface area contributed by atoms with E-state index in [2.05, 4.69) is 19.1 Å². The molecular weight excluding hydrogens is 472 g/mol. The van der Waals surface area contributed by atoms with Crippen molar-refractivity contribution in [2.24, 2.45) is 17.3 Å². The molecule has 7 nitrogen and oxygen atoms in total. The van der Waals surface area contributed by atoms with Crippen LogP contribution in [0.15, 0.2) is 35.4 Å². The van der Waals surface area contributed by atoms with Crippen molar-refractivity contribution in [2.75, 3.05) is 35.0 Å². The summed E-state index contributed by atoms with van der Waals surface area (Å²) in [5.41, 5.74) is 2.13. The topological polar surface area (TPSA) is 97.6 Å². The molecule has 0 saturated heterocycles. The highest BCUT2D eigenvalue weighted by molar-refractivity contribution is 5.44. The highest BCUT2D eigenvalue weighted by Gasteiger charge is 2.64. The van der Waals surface area contributed by atoms with Crippen molar-refractivity contribution in [3.05, 3.63) is 46.5 Å². The molecule has 206 valence electrons. The number of benzene rings is 1. The van der Waals surface area contributed by atoms with E-state index < -0.39 is 28.7 Å². The van der Waals surface area contributed by atoms with Crippen LogP contribution in [0.5, 0.6) is 0 Å². The quantitative estimate of drug-likeness (QED) is 0.369. The first kappa shape index (κ1) is 27.3. The van der Waals surface area contributed by atoms with Gasteiger partial charge in [-0.05, 0) is 61.5 Å². The van der Waals surface area contributed by atoms with Crippen molar-refractivity contribution in [2.45, 2.75) is 87.5 Å². The lowest BCUT2D eigenvalue weighted by molar-refractivity contribution is -0.246. The molecule has 3 saturated carbocycles. The third-order valence-electron chi connectivity index (χ3n) is 10.8. The third kappa shape index (κ3) is 4.05. The van der Waals surface area contributed by atoms with E-state index in [1.165, 1.54) is 5.57 Å². The average molecular weight is 517 g/mol. The zero-order valence-electron chi connectivity index (χ0n) is 23.0. The SMILES string of the molecule is COC(OC)c1ccc([C@H]2C[C@@]3(C)[C@@H](CC[C@@]3(O)CO)[C@@H]3CC[C@@]4(O)CC(OC)(OC)CCC4=C32)cc1. The molecule has 1 aromatic carbocycles. The van der Waals surface area contributed by atoms with Crippen molar-refractivity contribution in [3.63, 3.8) is 0 Å². The van der Waals surface area contributed by atoms with Crippen molar-refractivity contribution in [3.8, 4) is 0 Å². The van der Waals surface area contributed by atoms with E-state index >= 15 is 0 Å². The lowest BCUT2D eigenvalue weighted by Crippen LogP contribution is -2.56. The zero-order valence-corrected chi connectivity index (χ0v) is 23.0. The van der Waals surface area contributed by atoms with Crippen molar-refractivity contribution in [1.29, 1.82) is 0 Å². The fourth-order valence-corrected chi connectivity index (χ4v) is 8.61. The van der Waals surface area contributed by atoms with Gasteiger partial charge in [-0.1, -0.05) is 36.8 Å². The second-order valence-electron chi connectivity index (χ2n) is 12.1. The maximum Gasteiger partial charge on any atom is 0.183 e. The van der Waals surface area contributed by atoms with E-state index in [4.69, 9.17) is 18.9 Å². The molecule has 1 aromatic rings. The van der Waals surface area contributed by atoms with Crippen LogP contribution in [0.4, 0.5) is 0 Å². The maximum atomic E-state index is 12.1. The summed E-state index contributed by atoms with van der Waals surface area (Å²) in [4.78, 5) is 0. The zero-order chi connectivity index (χ0) is 26.6. The van der Waals surface area contributed by atoms with E-state index in [0.29, 0.717) is 25.7 Å². The van der Waals surface area contributed by atoms with E-state index in [0.717, 1.165) is 42.4 Å². The number of ether oxygens (including phenoxy) is 4. The fourth-order valence-electron chi connectivity index (χ4n) is 8.61. The maximum absolute atomic E-state index is 12.1. The van der Waals surface area contributed by atoms with Gasteiger partial charge in [0, 0.05) is 58.2 Å². The van der Waals surface area contributed by atoms with Crippen LogP contribution in [0.25, 0.3) is 0 Å². The van der Waals surface area contributed by atoms with Gasteiger partial charge in [0.2, 0.25) is 0 Å². The summed E-state index contributed by atoms with van der Waals surface area (Å²) in [6.07, 6.45) is 5.16. The van der Waals surface area contributed by atoms with E-state index in [-0.39, 0.29) is 24.4 Å². The summed E-state index contributed by atoms with van der Waals surface area (Å²) in [5, 5.41) is 34.0. The number of fused-ring (bicyclic) bond motifs is 4. The summed E-state index contributed by atoms with van der Waals surface area (Å²) < 4.78 is 22.5. The molecule has 4 aliphatic rings. The van der Waals surface area contributed by atoms with Gasteiger partial charge in [0.25, 0.3) is 0 Å². The molecule has 5 rings (SSSR count). The number of hydrogen-bond acceptors (Lipinski definition) is 7. The Balaban J connectivity index is 1.62. The first-order valence-corrected chi connectivity index (χ1v) is 13.7. The smallest absolute Gasteiger partial charge is 0.183 e. The number of rotatable bonds is 7. The molecule has 7 heteroatoms. The predicted octanol–water partition coefficient (Wildman–Crippen LogP) is 4.22.